The van der Waals surface area contributed by atoms with Crippen molar-refractivity contribution in [3.63, 3.8) is 0 Å². The Bertz CT molecular complexity index is 4610. The first-order chi connectivity index (χ1) is 53.1. The van der Waals surface area contributed by atoms with Crippen molar-refractivity contribution in [1.29, 1.82) is 0 Å². The summed E-state index contributed by atoms with van der Waals surface area (Å²) in [4.78, 5) is 65.4. The van der Waals surface area contributed by atoms with E-state index in [4.69, 9.17) is 45.8 Å². The number of aryl methyl sites for hydroxylation is 7. The monoisotopic (exact) mass is 1520 g/mol. The highest BCUT2D eigenvalue weighted by Crippen LogP contribution is 2.37. The quantitative estimate of drug-likeness (QED) is 0.0371. The third-order valence-corrected chi connectivity index (χ3v) is 21.8. The normalized spacial score (nSPS) is 17.7. The molecule has 12 heterocycles. The number of rotatable bonds is 15. The first-order valence-corrected chi connectivity index (χ1v) is 39.1. The fourth-order valence-electron chi connectivity index (χ4n) is 14.6. The van der Waals surface area contributed by atoms with E-state index in [9.17, 15) is 14.4 Å². The Morgan fingerprint density at radius 1 is 0.473 bits per heavy atom. The van der Waals surface area contributed by atoms with E-state index in [1.165, 1.54) is 0 Å². The number of likely N-dealkylation sites (tertiary alicyclic amines) is 3. The number of amides is 6. The Kier molecular flexibility index (Phi) is 26.9. The van der Waals surface area contributed by atoms with Gasteiger partial charge in [0, 0.05) is 114 Å². The lowest BCUT2D eigenvalue weighted by molar-refractivity contribution is 0.122. The number of halogens is 1. The van der Waals surface area contributed by atoms with Crippen LogP contribution in [0.2, 0.25) is 5.15 Å². The van der Waals surface area contributed by atoms with Crippen LogP contribution in [0, 0.1) is 59.3 Å². The second-order valence-electron chi connectivity index (χ2n) is 29.5. The van der Waals surface area contributed by atoms with Crippen LogP contribution in [0.1, 0.15) is 93.1 Å². The molecule has 0 radical (unpaired) electrons. The molecule has 582 valence electrons. The van der Waals surface area contributed by atoms with E-state index in [0.29, 0.717) is 68.1 Å². The van der Waals surface area contributed by atoms with Crippen molar-refractivity contribution in [2.75, 3.05) is 149 Å². The Balaban J connectivity index is 0.000000145. The fraction of sp³-hybridized carbons (Fsp3) is 0.451. The minimum Gasteiger partial charge on any atom is -0.422 e. The van der Waals surface area contributed by atoms with E-state index in [1.807, 2.05) is 82.7 Å². The minimum atomic E-state index is -1.44. The van der Waals surface area contributed by atoms with Gasteiger partial charge in [-0.05, 0) is 220 Å². The summed E-state index contributed by atoms with van der Waals surface area (Å²) in [5.41, 5.74) is 18.6. The number of benzene rings is 3. The summed E-state index contributed by atoms with van der Waals surface area (Å²) in [7, 11) is 0.511. The van der Waals surface area contributed by atoms with Gasteiger partial charge in [0.05, 0.1) is 62.3 Å². The fourth-order valence-corrected chi connectivity index (χ4v) is 14.8. The van der Waals surface area contributed by atoms with Crippen LogP contribution in [-0.2, 0) is 21.3 Å². The number of urea groups is 3. The summed E-state index contributed by atoms with van der Waals surface area (Å²) < 4.78 is 18.4. The third-order valence-electron chi connectivity index (χ3n) is 21.6. The van der Waals surface area contributed by atoms with Crippen molar-refractivity contribution in [1.82, 2.24) is 59.8 Å². The molecule has 0 aliphatic carbocycles. The topological polar surface area (TPSA) is 289 Å². The van der Waals surface area contributed by atoms with Gasteiger partial charge in [0.2, 0.25) is 0 Å². The van der Waals surface area contributed by atoms with Crippen LogP contribution in [0.15, 0.2) is 109 Å². The summed E-state index contributed by atoms with van der Waals surface area (Å²) in [5.74, 6) is 4.52. The molecule has 9 aromatic rings. The van der Waals surface area contributed by atoms with Crippen LogP contribution >= 0.6 is 11.6 Å². The summed E-state index contributed by atoms with van der Waals surface area (Å²) in [5, 5.41) is 45.1. The van der Waals surface area contributed by atoms with Crippen molar-refractivity contribution in [3.05, 3.63) is 148 Å². The maximum atomic E-state index is 12.9. The van der Waals surface area contributed by atoms with E-state index >= 15 is 0 Å². The molecule has 3 aromatic carbocycles. The average Bonchev–Trinajstić information content (AvgIpc) is 1.73. The van der Waals surface area contributed by atoms with Crippen molar-refractivity contribution in [2.24, 2.45) is 24.8 Å². The van der Waals surface area contributed by atoms with Crippen LogP contribution in [0.5, 0.6) is 0 Å². The Morgan fingerprint density at radius 2 is 0.864 bits per heavy atom. The Morgan fingerprint density at radius 3 is 1.19 bits per heavy atom. The number of nitrogens with zero attached hydrogens (tertiary/aromatic N) is 13. The second-order valence-corrected chi connectivity index (χ2v) is 29.9. The smallest absolute Gasteiger partial charge is 0.422 e. The molecule has 0 unspecified atom stereocenters. The first-order valence-electron chi connectivity index (χ1n) is 38.8. The van der Waals surface area contributed by atoms with Gasteiger partial charge >= 0.3 is 25.2 Å². The number of aromatic nitrogens is 9. The highest BCUT2D eigenvalue weighted by Gasteiger charge is 2.30. The van der Waals surface area contributed by atoms with Gasteiger partial charge < -0.3 is 69.6 Å². The highest BCUT2D eigenvalue weighted by atomic mass is 35.5. The van der Waals surface area contributed by atoms with E-state index < -0.39 is 7.12 Å². The number of ether oxygens (including phenoxy) is 3. The van der Waals surface area contributed by atoms with Gasteiger partial charge in [-0.3, -0.25) is 14.9 Å². The van der Waals surface area contributed by atoms with Crippen molar-refractivity contribution < 1.29 is 38.6 Å². The second kappa shape index (κ2) is 37.2. The molecule has 6 aromatic heterocycles. The number of nitrogens with one attached hydrogen (secondary N) is 5. The molecule has 7 N–H and O–H groups in total. The molecule has 15 rings (SSSR count). The number of carbonyl (C=O) groups is 3. The van der Waals surface area contributed by atoms with Gasteiger partial charge in [-0.15, -0.1) is 0 Å². The van der Waals surface area contributed by atoms with Crippen LogP contribution < -0.4 is 36.2 Å². The molecule has 3 atom stereocenters. The average molecular weight is 1520 g/mol. The van der Waals surface area contributed by atoms with Crippen LogP contribution in [-0.4, -0.2) is 213 Å². The minimum absolute atomic E-state index is 0.0193. The standard InChI is InChI=1S/C28H36N6O2.C27H34N6O2.C23H29ClN4O2.C4H7BN2O2/c1-5-21-8-9-34(18-21)28(35)29-23-7-6-19(2)24(17-23)22-15-25(26-14-20(3)32(4)31-26)30-27(16-22)33-10-12-36-13-11-33;1-4-20-7-8-33(17-20)27(34)28-22-6-5-18(2)23(16-22)21-14-24(25-13-19(3)30-31-25)29-26(15-21)32-9-11-35-12-10-32;1-3-17-6-7-28(15-17)23(29)25-19-5-4-16(2)20(14-19)18-12-21(24)26-22(13-18)27-8-10-30-11-9-27;1-3-2-4(5(8)9)7-6-3/h6-7,14-17,21H,5,8-13,18H2,1-4H3,(H,29,35);5-6,13-16,20H,4,7-12,17H2,1-3H3,(H,28,34)(H,30,31);4-5,12-14,17H,3,6-11,15H2,1-2H3,(H,25,29);2,8-9H,1H3,(H,6,7)/t21-;20-;17-;/m111./s1. The summed E-state index contributed by atoms with van der Waals surface area (Å²) >= 11 is 6.36. The molecule has 110 heavy (non-hydrogen) atoms. The van der Waals surface area contributed by atoms with E-state index in [1.54, 1.807) is 13.0 Å². The van der Waals surface area contributed by atoms with Crippen molar-refractivity contribution >= 4 is 76.9 Å². The molecule has 0 bridgehead atoms. The lowest BCUT2D eigenvalue weighted by Crippen LogP contribution is -2.36. The molecular formula is C82H106BClN18O8. The number of morpholine rings is 3. The summed E-state index contributed by atoms with van der Waals surface area (Å²) in [6.07, 6.45) is 6.60. The molecule has 0 spiro atoms. The van der Waals surface area contributed by atoms with Gasteiger partial charge in [0.1, 0.15) is 34.0 Å². The zero-order valence-electron chi connectivity index (χ0n) is 65.2. The number of H-pyrrole nitrogens is 2. The van der Waals surface area contributed by atoms with Crippen LogP contribution in [0.4, 0.5) is 48.9 Å². The highest BCUT2D eigenvalue weighted by molar-refractivity contribution is 6.57. The SMILES string of the molecule is CC[C@@H]1CCN(C(=O)Nc2ccc(C)c(-c3cc(-c4cc(C)[nH]n4)nc(N4CCOCC4)c3)c2)C1.CC[C@@H]1CCN(C(=O)Nc2ccc(C)c(-c3cc(-c4cc(C)n(C)n4)nc(N4CCOCC4)c3)c2)C1.CC[C@@H]1CCN(C(=O)Nc2ccc(C)c(-c3cc(Cl)nc(N4CCOCC4)c3)c2)C1.Cc1cc(B(O)O)[nH]n1. The number of hydrogen-bond acceptors (Lipinski definition) is 17. The number of aromatic amines is 2. The van der Waals surface area contributed by atoms with E-state index in [2.05, 4.69) is 163 Å². The number of pyridine rings is 3. The maximum absolute atomic E-state index is 12.9. The van der Waals surface area contributed by atoms with Crippen molar-refractivity contribution in [3.8, 4) is 56.2 Å². The van der Waals surface area contributed by atoms with Gasteiger partial charge in [-0.1, -0.05) is 69.8 Å². The van der Waals surface area contributed by atoms with E-state index in [0.717, 1.165) is 242 Å². The molecule has 28 heteroatoms. The lowest BCUT2D eigenvalue weighted by Gasteiger charge is -2.28. The predicted octanol–water partition coefficient (Wildman–Crippen LogP) is 12.9. The maximum Gasteiger partial charge on any atom is 0.507 e. The summed E-state index contributed by atoms with van der Waals surface area (Å²) in [6.45, 7) is 32.6. The molecule has 6 amide bonds. The Labute approximate surface area is 650 Å². The van der Waals surface area contributed by atoms with Gasteiger partial charge in [0.15, 0.2) is 0 Å². The van der Waals surface area contributed by atoms with Crippen LogP contribution in [0.25, 0.3) is 56.2 Å². The van der Waals surface area contributed by atoms with Gasteiger partial charge in [-0.25, -0.2) is 29.3 Å². The largest absolute Gasteiger partial charge is 0.507 e. The summed E-state index contributed by atoms with van der Waals surface area (Å²) in [6, 6.07) is 36.3. The number of anilines is 6. The molecule has 0 saturated carbocycles. The van der Waals surface area contributed by atoms with Gasteiger partial charge in [0.25, 0.3) is 0 Å². The zero-order valence-corrected chi connectivity index (χ0v) is 66.0. The molecule has 26 nitrogen and oxygen atoms in total. The number of carbonyl (C=O) groups excluding carboxylic acids is 3. The Hall–Kier alpha value is -9.90. The van der Waals surface area contributed by atoms with Crippen molar-refractivity contribution in [2.45, 2.75) is 101 Å². The molecular weight excluding hydrogens is 1410 g/mol. The van der Waals surface area contributed by atoms with E-state index in [-0.39, 0.29) is 18.1 Å². The lowest BCUT2D eigenvalue weighted by atomic mass is 9.86. The molecule has 6 aliphatic rings. The van der Waals surface area contributed by atoms with Gasteiger partial charge in [-0.2, -0.15) is 15.3 Å². The van der Waals surface area contributed by atoms with Crippen LogP contribution in [0.3, 0.4) is 0 Å². The zero-order chi connectivity index (χ0) is 77.5. The third kappa shape index (κ3) is 20.6. The number of hydrogen-bond donors (Lipinski definition) is 7. The molecule has 6 fully saturated rings. The predicted molar refractivity (Wildman–Crippen MR) is 437 cm³/mol. The molecule has 6 aliphatic heterocycles. The first kappa shape index (κ1) is 79.6. The molecule has 6 saturated heterocycles.